The number of benzene rings is 1. The largest absolute Gasteiger partial charge is 0.496 e. The van der Waals surface area contributed by atoms with Crippen LogP contribution in [0.5, 0.6) is 5.75 Å². The lowest BCUT2D eigenvalue weighted by Gasteiger charge is -2.13. The minimum Gasteiger partial charge on any atom is -0.496 e. The summed E-state index contributed by atoms with van der Waals surface area (Å²) in [6.45, 7) is 5.91. The molecule has 9 nitrogen and oxygen atoms in total. The van der Waals surface area contributed by atoms with Crippen LogP contribution in [0.25, 0.3) is 5.82 Å². The molecule has 0 radical (unpaired) electrons. The molecule has 29 heavy (non-hydrogen) atoms. The summed E-state index contributed by atoms with van der Waals surface area (Å²) in [5, 5.41) is 7.27. The number of ether oxygens (including phenoxy) is 1. The maximum absolute atomic E-state index is 12.7. The van der Waals surface area contributed by atoms with E-state index < -0.39 is 10.0 Å². The van der Waals surface area contributed by atoms with Crippen LogP contribution in [0.1, 0.15) is 17.0 Å². The van der Waals surface area contributed by atoms with Gasteiger partial charge >= 0.3 is 0 Å². The lowest BCUT2D eigenvalue weighted by molar-refractivity contribution is 0.411. The molecule has 0 bridgehead atoms. The normalized spacial score (nSPS) is 11.4. The van der Waals surface area contributed by atoms with Crippen LogP contribution < -0.4 is 14.8 Å². The van der Waals surface area contributed by atoms with Gasteiger partial charge in [0.25, 0.3) is 0 Å². The number of hydrogen-bond donors (Lipinski definition) is 2. The molecule has 0 saturated heterocycles. The third-order valence-electron chi connectivity index (χ3n) is 4.27. The molecule has 0 amide bonds. The lowest BCUT2D eigenvalue weighted by Crippen LogP contribution is -2.29. The Morgan fingerprint density at radius 2 is 1.86 bits per heavy atom. The fourth-order valence-corrected chi connectivity index (χ4v) is 4.23. The second kappa shape index (κ2) is 8.58. The van der Waals surface area contributed by atoms with Crippen molar-refractivity contribution in [2.24, 2.45) is 0 Å². The van der Waals surface area contributed by atoms with Crippen molar-refractivity contribution in [3.63, 3.8) is 0 Å². The molecule has 0 unspecified atom stereocenters. The van der Waals surface area contributed by atoms with E-state index in [0.717, 1.165) is 5.56 Å². The van der Waals surface area contributed by atoms with Crippen molar-refractivity contribution < 1.29 is 13.2 Å². The third-order valence-corrected chi connectivity index (χ3v) is 5.87. The number of nitrogens with zero attached hydrogens (tertiary/aromatic N) is 4. The molecule has 0 aliphatic rings. The third kappa shape index (κ3) is 4.90. The zero-order valence-electron chi connectivity index (χ0n) is 16.8. The molecule has 2 N–H and O–H groups in total. The maximum atomic E-state index is 12.7. The minimum atomic E-state index is -3.64. The number of nitrogens with one attached hydrogen (secondary N) is 2. The second-order valence-electron chi connectivity index (χ2n) is 6.52. The quantitative estimate of drug-likeness (QED) is 0.540. The highest BCUT2D eigenvalue weighted by Gasteiger charge is 2.18. The van der Waals surface area contributed by atoms with Gasteiger partial charge in [0.05, 0.1) is 12.0 Å². The topological polar surface area (TPSA) is 111 Å². The summed E-state index contributed by atoms with van der Waals surface area (Å²) in [7, 11) is -2.08. The Balaban J connectivity index is 1.64. The van der Waals surface area contributed by atoms with Gasteiger partial charge in [0.1, 0.15) is 17.4 Å². The Bertz CT molecular complexity index is 1100. The van der Waals surface area contributed by atoms with E-state index in [2.05, 4.69) is 25.1 Å². The predicted molar refractivity (Wildman–Crippen MR) is 110 cm³/mol. The Kier molecular flexibility index (Phi) is 6.14. The number of rotatable bonds is 8. The lowest BCUT2D eigenvalue weighted by atomic mass is 10.1. The van der Waals surface area contributed by atoms with Crippen LogP contribution in [0.2, 0.25) is 0 Å². The van der Waals surface area contributed by atoms with E-state index in [1.807, 2.05) is 13.0 Å². The van der Waals surface area contributed by atoms with Gasteiger partial charge in [-0.2, -0.15) is 5.10 Å². The van der Waals surface area contributed by atoms with Crippen molar-refractivity contribution in [1.82, 2.24) is 24.5 Å². The highest BCUT2D eigenvalue weighted by Crippen LogP contribution is 2.25. The molecular weight excluding hydrogens is 392 g/mol. The van der Waals surface area contributed by atoms with Crippen molar-refractivity contribution in [3.05, 3.63) is 53.6 Å². The van der Waals surface area contributed by atoms with Gasteiger partial charge in [-0.1, -0.05) is 0 Å². The van der Waals surface area contributed by atoms with E-state index in [1.54, 1.807) is 56.2 Å². The summed E-state index contributed by atoms with van der Waals surface area (Å²) in [5.74, 6) is 2.48. The molecule has 2 aromatic heterocycles. The van der Waals surface area contributed by atoms with Gasteiger partial charge in [0.2, 0.25) is 10.0 Å². The molecule has 10 heteroatoms. The van der Waals surface area contributed by atoms with E-state index in [4.69, 9.17) is 4.74 Å². The summed E-state index contributed by atoms with van der Waals surface area (Å²) in [6, 6.07) is 6.91. The van der Waals surface area contributed by atoms with Gasteiger partial charge in [0, 0.05) is 31.5 Å². The summed E-state index contributed by atoms with van der Waals surface area (Å²) < 4.78 is 34.8. The predicted octanol–water partition coefficient (Wildman–Crippen LogP) is 1.99. The van der Waals surface area contributed by atoms with E-state index >= 15 is 0 Å². The highest BCUT2D eigenvalue weighted by atomic mass is 32.2. The standard InChI is InChI=1S/C19H24N6O3S/c1-13-11-17(14(2)10-16(13)28-4)29(26,27)22-8-7-20-18-12-19(24-15(3)23-18)25-9-5-6-21-25/h5-6,9-12,22H,7-8H2,1-4H3,(H,20,23,24). The average Bonchev–Trinajstić information content (AvgIpc) is 3.21. The van der Waals surface area contributed by atoms with Crippen LogP contribution >= 0.6 is 0 Å². The molecule has 0 aliphatic carbocycles. The van der Waals surface area contributed by atoms with Gasteiger partial charge in [-0.25, -0.2) is 27.8 Å². The first-order chi connectivity index (χ1) is 13.8. The Morgan fingerprint density at radius 1 is 1.07 bits per heavy atom. The first-order valence-corrected chi connectivity index (χ1v) is 10.5. The molecule has 3 rings (SSSR count). The molecular formula is C19H24N6O3S. The van der Waals surface area contributed by atoms with Gasteiger partial charge in [-0.15, -0.1) is 0 Å². The van der Waals surface area contributed by atoms with Gasteiger partial charge < -0.3 is 10.1 Å². The van der Waals surface area contributed by atoms with Gasteiger partial charge in [-0.3, -0.25) is 0 Å². The Hall–Kier alpha value is -2.98. The smallest absolute Gasteiger partial charge is 0.240 e. The second-order valence-corrected chi connectivity index (χ2v) is 8.26. The molecule has 0 aliphatic heterocycles. The van der Waals surface area contributed by atoms with Crippen LogP contribution in [-0.4, -0.2) is 48.4 Å². The van der Waals surface area contributed by atoms with Gasteiger partial charge in [0.15, 0.2) is 5.82 Å². The van der Waals surface area contributed by atoms with Crippen molar-refractivity contribution in [1.29, 1.82) is 0 Å². The summed E-state index contributed by atoms with van der Waals surface area (Å²) in [6.07, 6.45) is 3.46. The van der Waals surface area contributed by atoms with Crippen LogP contribution in [0.15, 0.2) is 41.6 Å². The van der Waals surface area contributed by atoms with Crippen LogP contribution in [0.3, 0.4) is 0 Å². The van der Waals surface area contributed by atoms with Gasteiger partial charge in [-0.05, 0) is 50.1 Å². The van der Waals surface area contributed by atoms with Crippen LogP contribution in [-0.2, 0) is 10.0 Å². The molecule has 3 aromatic rings. The number of methoxy groups -OCH3 is 1. The summed E-state index contributed by atoms with van der Waals surface area (Å²) in [4.78, 5) is 8.91. The number of aryl methyl sites for hydroxylation is 3. The molecule has 0 fully saturated rings. The van der Waals surface area contributed by atoms with Crippen molar-refractivity contribution in [3.8, 4) is 11.6 Å². The van der Waals surface area contributed by atoms with Crippen molar-refractivity contribution >= 4 is 15.8 Å². The first-order valence-electron chi connectivity index (χ1n) is 9.04. The van der Waals surface area contributed by atoms with Crippen LogP contribution in [0, 0.1) is 20.8 Å². The number of hydrogen-bond acceptors (Lipinski definition) is 7. The van der Waals surface area contributed by atoms with E-state index in [0.29, 0.717) is 35.3 Å². The monoisotopic (exact) mass is 416 g/mol. The summed E-state index contributed by atoms with van der Waals surface area (Å²) >= 11 is 0. The van der Waals surface area contributed by atoms with E-state index in [9.17, 15) is 8.42 Å². The van der Waals surface area contributed by atoms with Crippen molar-refractivity contribution in [2.75, 3.05) is 25.5 Å². The molecule has 154 valence electrons. The average molecular weight is 417 g/mol. The maximum Gasteiger partial charge on any atom is 0.240 e. The molecule has 0 atom stereocenters. The fourth-order valence-electron chi connectivity index (χ4n) is 2.89. The highest BCUT2D eigenvalue weighted by molar-refractivity contribution is 7.89. The Labute approximate surface area is 170 Å². The molecule has 2 heterocycles. The first kappa shape index (κ1) is 20.7. The number of anilines is 1. The molecule has 0 saturated carbocycles. The summed E-state index contributed by atoms with van der Waals surface area (Å²) in [5.41, 5.74) is 1.39. The van der Waals surface area contributed by atoms with E-state index in [-0.39, 0.29) is 11.4 Å². The molecule has 0 spiro atoms. The van der Waals surface area contributed by atoms with E-state index in [1.165, 1.54) is 0 Å². The molecule has 1 aromatic carbocycles. The number of sulfonamides is 1. The minimum absolute atomic E-state index is 0.201. The number of aromatic nitrogens is 4. The van der Waals surface area contributed by atoms with Crippen LogP contribution in [0.4, 0.5) is 5.82 Å². The zero-order chi connectivity index (χ0) is 21.0. The van der Waals surface area contributed by atoms with Crippen molar-refractivity contribution in [2.45, 2.75) is 25.7 Å². The fraction of sp³-hybridized carbons (Fsp3) is 0.316. The zero-order valence-corrected chi connectivity index (χ0v) is 17.6. The Morgan fingerprint density at radius 3 is 2.55 bits per heavy atom. The SMILES string of the molecule is COc1cc(C)c(S(=O)(=O)NCCNc2cc(-n3cccn3)nc(C)n2)cc1C.